The van der Waals surface area contributed by atoms with Crippen LogP contribution in [0.25, 0.3) is 0 Å². The van der Waals surface area contributed by atoms with Crippen LogP contribution in [0.5, 0.6) is 0 Å². The van der Waals surface area contributed by atoms with Gasteiger partial charge in [-0.05, 0) is 47.9 Å². The predicted molar refractivity (Wildman–Crippen MR) is 116 cm³/mol. The molecule has 1 aliphatic carbocycles. The summed E-state index contributed by atoms with van der Waals surface area (Å²) in [6, 6.07) is 6.99. The minimum absolute atomic E-state index is 0.0847. The maximum Gasteiger partial charge on any atom is 0.221 e. The lowest BCUT2D eigenvalue weighted by Gasteiger charge is -2.22. The molecule has 162 valence electrons. The predicted octanol–water partition coefficient (Wildman–Crippen LogP) is 5.77. The van der Waals surface area contributed by atoms with Gasteiger partial charge in [-0.3, -0.25) is 4.79 Å². The van der Waals surface area contributed by atoms with E-state index in [1.807, 2.05) is 0 Å². The van der Waals surface area contributed by atoms with Gasteiger partial charge in [0.1, 0.15) is 17.5 Å². The number of halogens is 3. The number of amides is 1. The van der Waals surface area contributed by atoms with Crippen molar-refractivity contribution < 1.29 is 13.6 Å². The number of nitrogens with one attached hydrogen (secondary N) is 2. The molecule has 1 heterocycles. The van der Waals surface area contributed by atoms with Crippen LogP contribution >= 0.6 is 11.6 Å². The van der Waals surface area contributed by atoms with Gasteiger partial charge in [0, 0.05) is 24.1 Å². The normalized spacial score (nSPS) is 16.1. The van der Waals surface area contributed by atoms with Crippen LogP contribution in [0, 0.1) is 17.0 Å². The second-order valence-electron chi connectivity index (χ2n) is 9.37. The van der Waals surface area contributed by atoms with Crippen molar-refractivity contribution in [2.75, 3.05) is 11.9 Å². The van der Waals surface area contributed by atoms with E-state index < -0.39 is 17.2 Å². The van der Waals surface area contributed by atoms with Crippen LogP contribution in [0.3, 0.4) is 0 Å². The standard InChI is InChI=1S/C23H28ClF2N3O/c1-14(17-6-5-16(25)12-18(17)26)9-21(30)29-23(7-8-23)19-10-15(24)11-20(28-19)27-13-22(2,3)4/h5-6,10-12,14H,7-9,13H2,1-4H3,(H,27,28)(H,29,30). The Morgan fingerprint density at radius 1 is 1.23 bits per heavy atom. The molecule has 2 N–H and O–H groups in total. The second kappa shape index (κ2) is 8.50. The van der Waals surface area contributed by atoms with Gasteiger partial charge < -0.3 is 10.6 Å². The SMILES string of the molecule is CC(CC(=O)NC1(c2cc(Cl)cc(NCC(C)(C)C)n2)CC1)c1ccc(F)cc1F. The van der Waals surface area contributed by atoms with Crippen molar-refractivity contribution in [3.05, 3.63) is 58.2 Å². The van der Waals surface area contributed by atoms with Gasteiger partial charge in [-0.1, -0.05) is 45.4 Å². The molecule has 1 amide bonds. The van der Waals surface area contributed by atoms with Crippen LogP contribution < -0.4 is 10.6 Å². The van der Waals surface area contributed by atoms with Gasteiger partial charge in [-0.15, -0.1) is 0 Å². The first-order chi connectivity index (χ1) is 14.0. The zero-order valence-corrected chi connectivity index (χ0v) is 18.5. The molecule has 0 saturated heterocycles. The van der Waals surface area contributed by atoms with E-state index in [0.29, 0.717) is 16.4 Å². The number of aromatic nitrogens is 1. The maximum absolute atomic E-state index is 14.0. The fourth-order valence-corrected chi connectivity index (χ4v) is 3.57. The van der Waals surface area contributed by atoms with Gasteiger partial charge in [0.2, 0.25) is 5.91 Å². The number of pyridine rings is 1. The van der Waals surface area contributed by atoms with Crippen molar-refractivity contribution in [1.29, 1.82) is 0 Å². The maximum atomic E-state index is 14.0. The molecule has 1 saturated carbocycles. The molecule has 7 heteroatoms. The average Bonchev–Trinajstić information content (AvgIpc) is 3.39. The molecule has 2 aromatic rings. The Balaban J connectivity index is 1.69. The Kier molecular flexibility index (Phi) is 6.37. The fourth-order valence-electron chi connectivity index (χ4n) is 3.37. The molecule has 1 fully saturated rings. The second-order valence-corrected chi connectivity index (χ2v) is 9.81. The zero-order chi connectivity index (χ0) is 22.1. The number of nitrogens with zero attached hydrogens (tertiary/aromatic N) is 1. The Hall–Kier alpha value is -2.21. The van der Waals surface area contributed by atoms with E-state index in [0.717, 1.165) is 31.1 Å². The van der Waals surface area contributed by atoms with Gasteiger partial charge >= 0.3 is 0 Å². The summed E-state index contributed by atoms with van der Waals surface area (Å²) in [5.74, 6) is -1.17. The number of carbonyl (C=O) groups excluding carboxylic acids is 1. The van der Waals surface area contributed by atoms with E-state index in [4.69, 9.17) is 11.6 Å². The third kappa shape index (κ3) is 5.69. The van der Waals surface area contributed by atoms with Crippen molar-refractivity contribution in [3.8, 4) is 0 Å². The Morgan fingerprint density at radius 3 is 2.53 bits per heavy atom. The van der Waals surface area contributed by atoms with Crippen molar-refractivity contribution in [3.63, 3.8) is 0 Å². The first kappa shape index (κ1) is 22.5. The highest BCUT2D eigenvalue weighted by Gasteiger charge is 2.47. The molecule has 4 nitrogen and oxygen atoms in total. The van der Waals surface area contributed by atoms with Crippen molar-refractivity contribution in [2.24, 2.45) is 5.41 Å². The lowest BCUT2D eigenvalue weighted by molar-refractivity contribution is -0.122. The summed E-state index contributed by atoms with van der Waals surface area (Å²) in [6.07, 6.45) is 1.63. The highest BCUT2D eigenvalue weighted by molar-refractivity contribution is 6.30. The zero-order valence-electron chi connectivity index (χ0n) is 17.8. The third-order valence-corrected chi connectivity index (χ3v) is 5.41. The number of hydrogen-bond acceptors (Lipinski definition) is 3. The number of anilines is 1. The first-order valence-electron chi connectivity index (χ1n) is 10.2. The van der Waals surface area contributed by atoms with E-state index >= 15 is 0 Å². The van der Waals surface area contributed by atoms with Crippen molar-refractivity contribution in [1.82, 2.24) is 10.3 Å². The molecule has 1 aromatic heterocycles. The summed E-state index contributed by atoms with van der Waals surface area (Å²) in [7, 11) is 0. The summed E-state index contributed by atoms with van der Waals surface area (Å²) >= 11 is 6.30. The van der Waals surface area contributed by atoms with Crippen LogP contribution in [0.4, 0.5) is 14.6 Å². The van der Waals surface area contributed by atoms with E-state index in [-0.39, 0.29) is 23.7 Å². The van der Waals surface area contributed by atoms with Gasteiger partial charge in [0.05, 0.1) is 11.2 Å². The Bertz CT molecular complexity index is 939. The first-order valence-corrected chi connectivity index (χ1v) is 10.5. The smallest absolute Gasteiger partial charge is 0.221 e. The van der Waals surface area contributed by atoms with Gasteiger partial charge in [-0.2, -0.15) is 0 Å². The highest BCUT2D eigenvalue weighted by atomic mass is 35.5. The molecule has 0 aliphatic heterocycles. The lowest BCUT2D eigenvalue weighted by Crippen LogP contribution is -2.36. The molecule has 3 rings (SSSR count). The minimum Gasteiger partial charge on any atom is -0.369 e. The fraction of sp³-hybridized carbons (Fsp3) is 0.478. The molecular formula is C23H28ClF2N3O. The third-order valence-electron chi connectivity index (χ3n) is 5.19. The minimum atomic E-state index is -0.637. The topological polar surface area (TPSA) is 54.0 Å². The van der Waals surface area contributed by atoms with E-state index in [1.54, 1.807) is 19.1 Å². The summed E-state index contributed by atoms with van der Waals surface area (Å²) in [6.45, 7) is 8.86. The summed E-state index contributed by atoms with van der Waals surface area (Å²) in [5.41, 5.74) is 0.592. The molecule has 1 atom stereocenters. The Labute approximate surface area is 181 Å². The van der Waals surface area contributed by atoms with E-state index in [2.05, 4.69) is 36.4 Å². The number of benzene rings is 1. The molecule has 1 aliphatic rings. The van der Waals surface area contributed by atoms with Gasteiger partial charge in [0.15, 0.2) is 0 Å². The highest BCUT2D eigenvalue weighted by Crippen LogP contribution is 2.46. The quantitative estimate of drug-likeness (QED) is 0.580. The van der Waals surface area contributed by atoms with Crippen LogP contribution in [0.15, 0.2) is 30.3 Å². The van der Waals surface area contributed by atoms with Gasteiger partial charge in [-0.25, -0.2) is 13.8 Å². The summed E-state index contributed by atoms with van der Waals surface area (Å²) < 4.78 is 27.1. The van der Waals surface area contributed by atoms with E-state index in [9.17, 15) is 13.6 Å². The Morgan fingerprint density at radius 2 is 1.93 bits per heavy atom. The van der Waals surface area contributed by atoms with Crippen molar-refractivity contribution >= 4 is 23.3 Å². The number of hydrogen-bond donors (Lipinski definition) is 2. The molecule has 1 aromatic carbocycles. The molecule has 1 unspecified atom stereocenters. The van der Waals surface area contributed by atoms with Gasteiger partial charge in [0.25, 0.3) is 0 Å². The largest absolute Gasteiger partial charge is 0.369 e. The lowest BCUT2D eigenvalue weighted by atomic mass is 9.96. The monoisotopic (exact) mass is 435 g/mol. The van der Waals surface area contributed by atoms with Crippen molar-refractivity contribution in [2.45, 2.75) is 58.4 Å². The number of rotatable bonds is 7. The van der Waals surface area contributed by atoms with E-state index in [1.165, 1.54) is 12.1 Å². The molecule has 0 spiro atoms. The summed E-state index contributed by atoms with van der Waals surface area (Å²) in [5, 5.41) is 6.91. The van der Waals surface area contributed by atoms with Crippen LogP contribution in [0.2, 0.25) is 5.02 Å². The molecule has 30 heavy (non-hydrogen) atoms. The molecule has 0 bridgehead atoms. The van der Waals surface area contributed by atoms with Crippen LogP contribution in [-0.2, 0) is 10.3 Å². The molecule has 0 radical (unpaired) electrons. The number of carbonyl (C=O) groups is 1. The van der Waals surface area contributed by atoms with Crippen LogP contribution in [0.1, 0.15) is 64.1 Å². The molecular weight excluding hydrogens is 408 g/mol. The average molecular weight is 436 g/mol. The van der Waals surface area contributed by atoms with Crippen LogP contribution in [-0.4, -0.2) is 17.4 Å². The summed E-state index contributed by atoms with van der Waals surface area (Å²) in [4.78, 5) is 17.4.